The van der Waals surface area contributed by atoms with E-state index in [1.54, 1.807) is 58.1 Å². The fourth-order valence-corrected chi connectivity index (χ4v) is 10.0. The summed E-state index contributed by atoms with van der Waals surface area (Å²) >= 11 is 24.1. The molecule has 1 N–H and O–H groups in total. The van der Waals surface area contributed by atoms with Gasteiger partial charge in [-0.15, -0.1) is 0 Å². The largest absolute Gasteiger partial charge is 0.445 e. The van der Waals surface area contributed by atoms with Crippen molar-refractivity contribution in [1.29, 1.82) is 0 Å². The normalized spacial score (nSPS) is 18.0. The van der Waals surface area contributed by atoms with E-state index in [1.165, 1.54) is 22.4 Å². The van der Waals surface area contributed by atoms with E-state index in [1.807, 2.05) is 27.8 Å². The number of carbonyl (C=O) groups is 3. The molecular formula is C49H58Cl4N6O6. The lowest BCUT2D eigenvalue weighted by Crippen LogP contribution is -2.50. The standard InChI is InChI=1S/C27H33Cl2N3O4.C22H25Cl2N3O2/c1-27(2,3)36-26(34)32-11-9-31(10-12-32)22-7-5-19-6-8-24(23(19)16-22)30(4)25(33)35-17-18-13-20(28)15-21(29)14-18;1-26(22(28)29-14-15-10-17(23)12-18(24)11-15)21-5-3-16-2-4-19(13-20(16)21)27-8-6-25-7-9-27/h5,7,13-16,24H,6,8-12,17H2,1-4H3;2,4,10-13,21,25H,3,5-9,14H2,1H3. The maximum atomic E-state index is 12.8. The number of fused-ring (bicyclic) bond motifs is 2. The molecule has 348 valence electrons. The lowest BCUT2D eigenvalue weighted by Gasteiger charge is -2.37. The molecule has 2 aliphatic heterocycles. The van der Waals surface area contributed by atoms with E-state index in [-0.39, 0.29) is 43.6 Å². The second-order valence-corrected chi connectivity index (χ2v) is 19.7. The number of halogens is 4. The van der Waals surface area contributed by atoms with Gasteiger partial charge >= 0.3 is 18.3 Å². The van der Waals surface area contributed by atoms with Gasteiger partial charge in [0.25, 0.3) is 0 Å². The van der Waals surface area contributed by atoms with E-state index in [9.17, 15) is 14.4 Å². The Bertz CT molecular complexity index is 2310. The number of ether oxygens (including phenoxy) is 3. The monoisotopic (exact) mass is 966 g/mol. The first-order valence-corrected chi connectivity index (χ1v) is 23.7. The van der Waals surface area contributed by atoms with Gasteiger partial charge in [0.15, 0.2) is 0 Å². The third-order valence-electron chi connectivity index (χ3n) is 12.2. The molecule has 2 fully saturated rings. The second-order valence-electron chi connectivity index (χ2n) is 18.0. The molecule has 2 heterocycles. The number of nitrogens with one attached hydrogen (secondary N) is 1. The van der Waals surface area contributed by atoms with Crippen LogP contribution in [-0.2, 0) is 40.3 Å². The molecule has 0 bridgehead atoms. The van der Waals surface area contributed by atoms with Gasteiger partial charge in [-0.2, -0.15) is 0 Å². The van der Waals surface area contributed by atoms with Gasteiger partial charge < -0.3 is 44.0 Å². The van der Waals surface area contributed by atoms with Gasteiger partial charge in [0.2, 0.25) is 0 Å². The smallest absolute Gasteiger partial charge is 0.410 e. The van der Waals surface area contributed by atoms with Crippen molar-refractivity contribution in [3.05, 3.63) is 126 Å². The minimum Gasteiger partial charge on any atom is -0.445 e. The van der Waals surface area contributed by atoms with Crippen molar-refractivity contribution in [2.75, 3.05) is 76.3 Å². The number of carbonyl (C=O) groups excluding carboxylic acids is 3. The van der Waals surface area contributed by atoms with Gasteiger partial charge in [0, 0.05) is 97.9 Å². The second kappa shape index (κ2) is 21.4. The first-order valence-electron chi connectivity index (χ1n) is 22.1. The molecule has 0 spiro atoms. The molecule has 2 unspecified atom stereocenters. The molecule has 4 aromatic carbocycles. The predicted octanol–water partition coefficient (Wildman–Crippen LogP) is 11.0. The number of benzene rings is 4. The maximum Gasteiger partial charge on any atom is 0.410 e. The van der Waals surface area contributed by atoms with Crippen molar-refractivity contribution in [3.63, 3.8) is 0 Å². The summed E-state index contributed by atoms with van der Waals surface area (Å²) in [4.78, 5) is 47.7. The molecule has 0 radical (unpaired) electrons. The van der Waals surface area contributed by atoms with Gasteiger partial charge in [-0.3, -0.25) is 0 Å². The zero-order valence-corrected chi connectivity index (χ0v) is 40.7. The van der Waals surface area contributed by atoms with Crippen LogP contribution in [0.2, 0.25) is 20.1 Å². The Labute approximate surface area is 402 Å². The van der Waals surface area contributed by atoms with Crippen LogP contribution in [0.15, 0.2) is 72.8 Å². The molecule has 2 atom stereocenters. The minimum atomic E-state index is -0.502. The highest BCUT2D eigenvalue weighted by molar-refractivity contribution is 6.35. The summed E-state index contributed by atoms with van der Waals surface area (Å²) < 4.78 is 16.6. The predicted molar refractivity (Wildman–Crippen MR) is 259 cm³/mol. The van der Waals surface area contributed by atoms with E-state index >= 15 is 0 Å². The Balaban J connectivity index is 0.000000198. The Kier molecular flexibility index (Phi) is 15.9. The number of rotatable bonds is 8. The molecule has 0 aromatic heterocycles. The van der Waals surface area contributed by atoms with Crippen molar-refractivity contribution >= 4 is 76.1 Å². The number of anilines is 2. The average molecular weight is 969 g/mol. The fraction of sp³-hybridized carbons (Fsp3) is 0.449. The van der Waals surface area contributed by atoms with Crippen LogP contribution in [-0.4, -0.2) is 105 Å². The molecule has 4 aliphatic rings. The number of nitrogens with zero attached hydrogens (tertiary/aromatic N) is 5. The molecule has 2 aliphatic carbocycles. The van der Waals surface area contributed by atoms with Crippen LogP contribution in [0.5, 0.6) is 0 Å². The Morgan fingerprint density at radius 3 is 1.45 bits per heavy atom. The first-order chi connectivity index (χ1) is 31.0. The zero-order valence-electron chi connectivity index (χ0n) is 37.7. The SMILES string of the molecule is CN(C(=O)OCc1cc(Cl)cc(Cl)c1)C1CCc2ccc(N3CCN(C(=O)OC(C)(C)C)CC3)cc21.CN(C(=O)OCc1cc(Cl)cc(Cl)c1)C1CCc2ccc(N3CCNCC3)cc21. The molecular weight excluding hydrogens is 910 g/mol. The molecule has 2 saturated heterocycles. The fourth-order valence-electron chi connectivity index (χ4n) is 8.87. The topological polar surface area (TPSA) is 107 Å². The number of amides is 3. The Hall–Kier alpha value is -4.59. The summed E-state index contributed by atoms with van der Waals surface area (Å²) in [6.45, 7) is 12.5. The number of hydrogen-bond acceptors (Lipinski definition) is 9. The molecule has 16 heteroatoms. The molecule has 65 heavy (non-hydrogen) atoms. The average Bonchev–Trinajstić information content (AvgIpc) is 3.90. The number of piperazine rings is 2. The van der Waals surface area contributed by atoms with E-state index in [2.05, 4.69) is 51.5 Å². The minimum absolute atomic E-state index is 0.0308. The summed E-state index contributed by atoms with van der Waals surface area (Å²) in [5.74, 6) is 0. The van der Waals surface area contributed by atoms with Gasteiger partial charge in [0.1, 0.15) is 18.8 Å². The van der Waals surface area contributed by atoms with Crippen molar-refractivity contribution < 1.29 is 28.6 Å². The van der Waals surface area contributed by atoms with E-state index < -0.39 is 5.60 Å². The van der Waals surface area contributed by atoms with Gasteiger partial charge in [-0.1, -0.05) is 58.5 Å². The summed E-state index contributed by atoms with van der Waals surface area (Å²) in [7, 11) is 3.59. The van der Waals surface area contributed by atoms with Gasteiger partial charge in [-0.05, 0) is 140 Å². The summed E-state index contributed by atoms with van der Waals surface area (Å²) in [5, 5.41) is 5.46. The maximum absolute atomic E-state index is 12.8. The Morgan fingerprint density at radius 1 is 0.615 bits per heavy atom. The van der Waals surface area contributed by atoms with E-state index in [0.717, 1.165) is 87.3 Å². The molecule has 3 amide bonds. The van der Waals surface area contributed by atoms with Crippen LogP contribution in [0.1, 0.15) is 79.1 Å². The molecule has 4 aromatic rings. The van der Waals surface area contributed by atoms with Crippen LogP contribution in [0, 0.1) is 0 Å². The van der Waals surface area contributed by atoms with E-state index in [4.69, 9.17) is 60.6 Å². The molecule has 12 nitrogen and oxygen atoms in total. The molecule has 8 rings (SSSR count). The third-order valence-corrected chi connectivity index (χ3v) is 13.1. The third kappa shape index (κ3) is 12.7. The van der Waals surface area contributed by atoms with Crippen LogP contribution < -0.4 is 15.1 Å². The van der Waals surface area contributed by atoms with Crippen LogP contribution in [0.4, 0.5) is 25.8 Å². The van der Waals surface area contributed by atoms with Crippen LogP contribution in [0.3, 0.4) is 0 Å². The summed E-state index contributed by atoms with van der Waals surface area (Å²) in [6.07, 6.45) is 2.65. The van der Waals surface area contributed by atoms with Gasteiger partial charge in [-0.25, -0.2) is 14.4 Å². The van der Waals surface area contributed by atoms with E-state index in [0.29, 0.717) is 33.2 Å². The highest BCUT2D eigenvalue weighted by Crippen LogP contribution is 2.39. The zero-order chi connectivity index (χ0) is 46.4. The highest BCUT2D eigenvalue weighted by Gasteiger charge is 2.33. The van der Waals surface area contributed by atoms with Crippen molar-refractivity contribution in [1.82, 2.24) is 20.0 Å². The lowest BCUT2D eigenvalue weighted by molar-refractivity contribution is 0.0240. The Morgan fingerprint density at radius 2 is 1.03 bits per heavy atom. The first kappa shape index (κ1) is 48.3. The highest BCUT2D eigenvalue weighted by atomic mass is 35.5. The van der Waals surface area contributed by atoms with Crippen LogP contribution in [0.25, 0.3) is 0 Å². The van der Waals surface area contributed by atoms with Crippen molar-refractivity contribution in [2.24, 2.45) is 0 Å². The lowest BCUT2D eigenvalue weighted by atomic mass is 10.1. The number of hydrogen-bond donors (Lipinski definition) is 1. The summed E-state index contributed by atoms with van der Waals surface area (Å²) in [5.41, 5.74) is 8.28. The van der Waals surface area contributed by atoms with Crippen molar-refractivity contribution in [2.45, 2.75) is 77.4 Å². The quantitative estimate of drug-likeness (QED) is 0.173. The molecule has 0 saturated carbocycles. The van der Waals surface area contributed by atoms with Crippen molar-refractivity contribution in [3.8, 4) is 0 Å². The summed E-state index contributed by atoms with van der Waals surface area (Å²) in [6, 6.07) is 23.4. The van der Waals surface area contributed by atoms with Gasteiger partial charge in [0.05, 0.1) is 12.1 Å². The van der Waals surface area contributed by atoms with Crippen LogP contribution >= 0.6 is 46.4 Å². The number of aryl methyl sites for hydroxylation is 2.